The number of H-pyrrole nitrogens is 1. The van der Waals surface area contributed by atoms with E-state index in [-0.39, 0.29) is 11.9 Å². The number of hydrogen-bond donors (Lipinski definition) is 2. The van der Waals surface area contributed by atoms with Crippen molar-refractivity contribution in [3.05, 3.63) is 35.0 Å². The fraction of sp³-hybridized carbons (Fsp3) is 0.500. The van der Waals surface area contributed by atoms with Crippen molar-refractivity contribution in [2.24, 2.45) is 11.8 Å². The fourth-order valence-corrected chi connectivity index (χ4v) is 3.90. The molecule has 0 unspecified atom stereocenters. The Bertz CT molecular complexity index is 709. The van der Waals surface area contributed by atoms with Crippen molar-refractivity contribution in [3.8, 4) is 0 Å². The van der Waals surface area contributed by atoms with E-state index in [1.807, 2.05) is 24.3 Å². The van der Waals surface area contributed by atoms with Gasteiger partial charge in [0, 0.05) is 49.2 Å². The van der Waals surface area contributed by atoms with Gasteiger partial charge in [-0.2, -0.15) is 0 Å². The van der Waals surface area contributed by atoms with Crippen molar-refractivity contribution in [1.29, 1.82) is 0 Å². The van der Waals surface area contributed by atoms with E-state index < -0.39 is 0 Å². The van der Waals surface area contributed by atoms with Gasteiger partial charge in [0.2, 0.25) is 5.91 Å². The second-order valence-electron chi connectivity index (χ2n) is 6.87. The van der Waals surface area contributed by atoms with Crippen molar-refractivity contribution in [2.75, 3.05) is 13.1 Å². The molecular weight excluding hydrogens is 310 g/mol. The third-order valence-corrected chi connectivity index (χ3v) is 5.21. The average molecular weight is 334 g/mol. The first-order valence-electron chi connectivity index (χ1n) is 8.20. The number of hydrogen-bond acceptors (Lipinski definition) is 2. The van der Waals surface area contributed by atoms with Gasteiger partial charge < -0.3 is 10.3 Å². The maximum Gasteiger partial charge on any atom is 0.217 e. The van der Waals surface area contributed by atoms with Gasteiger partial charge in [-0.15, -0.1) is 0 Å². The molecule has 2 atom stereocenters. The summed E-state index contributed by atoms with van der Waals surface area (Å²) in [5, 5.41) is 4.99. The minimum atomic E-state index is 0.0474. The second kappa shape index (κ2) is 6.54. The van der Waals surface area contributed by atoms with Crippen LogP contribution in [0.5, 0.6) is 0 Å². The fourth-order valence-electron chi connectivity index (χ4n) is 3.63. The number of nitrogens with one attached hydrogen (secondary N) is 2. The van der Waals surface area contributed by atoms with Crippen molar-refractivity contribution in [2.45, 2.75) is 33.4 Å². The molecule has 2 heterocycles. The number of amides is 1. The van der Waals surface area contributed by atoms with Crippen LogP contribution in [0.4, 0.5) is 0 Å². The number of aromatic nitrogens is 1. The Morgan fingerprint density at radius 2 is 2.13 bits per heavy atom. The predicted octanol–water partition coefficient (Wildman–Crippen LogP) is 3.41. The van der Waals surface area contributed by atoms with Gasteiger partial charge in [-0.05, 0) is 17.9 Å². The Morgan fingerprint density at radius 1 is 1.39 bits per heavy atom. The Hall–Kier alpha value is -1.52. The van der Waals surface area contributed by atoms with Crippen LogP contribution in [0.3, 0.4) is 0 Å². The van der Waals surface area contributed by atoms with Crippen LogP contribution in [0.2, 0.25) is 5.02 Å². The van der Waals surface area contributed by atoms with Crippen LogP contribution in [-0.4, -0.2) is 34.9 Å². The Morgan fingerprint density at radius 3 is 2.78 bits per heavy atom. The molecule has 0 saturated carbocycles. The highest BCUT2D eigenvalue weighted by Gasteiger charge is 2.35. The van der Waals surface area contributed by atoms with E-state index in [4.69, 9.17) is 11.6 Å². The summed E-state index contributed by atoms with van der Waals surface area (Å²) < 4.78 is 0. The first-order valence-corrected chi connectivity index (χ1v) is 8.58. The molecule has 0 aliphatic carbocycles. The van der Waals surface area contributed by atoms with Gasteiger partial charge in [0.15, 0.2) is 0 Å². The van der Waals surface area contributed by atoms with Crippen LogP contribution in [0.1, 0.15) is 26.5 Å². The molecule has 23 heavy (non-hydrogen) atoms. The zero-order valence-electron chi connectivity index (χ0n) is 13.9. The quantitative estimate of drug-likeness (QED) is 0.900. The number of carbonyl (C=O) groups is 1. The molecule has 1 aliphatic rings. The average Bonchev–Trinajstić information content (AvgIpc) is 3.01. The molecule has 124 valence electrons. The monoisotopic (exact) mass is 333 g/mol. The molecule has 1 aromatic carbocycles. The maximum absolute atomic E-state index is 11.4. The van der Waals surface area contributed by atoms with Gasteiger partial charge in [0.05, 0.1) is 5.02 Å². The van der Waals surface area contributed by atoms with Crippen LogP contribution in [0.25, 0.3) is 10.9 Å². The van der Waals surface area contributed by atoms with E-state index in [0.717, 1.165) is 41.3 Å². The maximum atomic E-state index is 11.4. The summed E-state index contributed by atoms with van der Waals surface area (Å²) in [6, 6.07) is 8.32. The summed E-state index contributed by atoms with van der Waals surface area (Å²) in [4.78, 5) is 17.3. The van der Waals surface area contributed by atoms with Crippen LogP contribution < -0.4 is 5.32 Å². The second-order valence-corrected chi connectivity index (χ2v) is 7.25. The lowest BCUT2D eigenvalue weighted by atomic mass is 9.91. The van der Waals surface area contributed by atoms with E-state index in [9.17, 15) is 4.79 Å². The zero-order chi connectivity index (χ0) is 16.6. The molecule has 0 radical (unpaired) electrons. The number of nitrogens with zero attached hydrogens (tertiary/aromatic N) is 1. The molecule has 1 aromatic heterocycles. The standard InChI is InChI=1S/C18H24ClN3O/c1-11(2)14-8-22(9-16(14)20-12(3)23)10-17-18(19)13-6-4-5-7-15(13)21-17/h4-7,11,14,16,21H,8-10H2,1-3H3,(H,20,23)/t14-,16+/m0/s1. The van der Waals surface area contributed by atoms with Crippen molar-refractivity contribution < 1.29 is 4.79 Å². The predicted molar refractivity (Wildman–Crippen MR) is 94.5 cm³/mol. The lowest BCUT2D eigenvalue weighted by Gasteiger charge is -2.22. The summed E-state index contributed by atoms with van der Waals surface area (Å²) in [6.07, 6.45) is 0. The van der Waals surface area contributed by atoms with Gasteiger partial charge in [0.1, 0.15) is 0 Å². The number of benzene rings is 1. The van der Waals surface area contributed by atoms with Crippen LogP contribution in [0.15, 0.2) is 24.3 Å². The van der Waals surface area contributed by atoms with Gasteiger partial charge in [-0.3, -0.25) is 9.69 Å². The first-order chi connectivity index (χ1) is 11.0. The highest BCUT2D eigenvalue weighted by Crippen LogP contribution is 2.31. The minimum absolute atomic E-state index is 0.0474. The van der Waals surface area contributed by atoms with Crippen LogP contribution >= 0.6 is 11.6 Å². The number of para-hydroxylation sites is 1. The number of aromatic amines is 1. The van der Waals surface area contributed by atoms with E-state index in [0.29, 0.717) is 11.8 Å². The van der Waals surface area contributed by atoms with Gasteiger partial charge in [-0.25, -0.2) is 0 Å². The van der Waals surface area contributed by atoms with E-state index in [2.05, 4.69) is 29.0 Å². The van der Waals surface area contributed by atoms with Crippen molar-refractivity contribution >= 4 is 28.4 Å². The van der Waals surface area contributed by atoms with Crippen LogP contribution in [0, 0.1) is 11.8 Å². The Kier molecular flexibility index (Phi) is 4.64. The lowest BCUT2D eigenvalue weighted by Crippen LogP contribution is -2.40. The highest BCUT2D eigenvalue weighted by atomic mass is 35.5. The number of halogens is 1. The molecular formula is C18H24ClN3O. The zero-order valence-corrected chi connectivity index (χ0v) is 14.7. The first kappa shape index (κ1) is 16.3. The molecule has 0 bridgehead atoms. The topological polar surface area (TPSA) is 48.1 Å². The summed E-state index contributed by atoms with van der Waals surface area (Å²) in [6.45, 7) is 8.67. The van der Waals surface area contributed by atoms with Gasteiger partial charge in [0.25, 0.3) is 0 Å². The molecule has 2 aromatic rings. The molecule has 1 aliphatic heterocycles. The van der Waals surface area contributed by atoms with Crippen molar-refractivity contribution in [3.63, 3.8) is 0 Å². The Balaban J connectivity index is 1.77. The molecule has 1 fully saturated rings. The summed E-state index contributed by atoms with van der Waals surface area (Å²) in [7, 11) is 0. The third-order valence-electron chi connectivity index (χ3n) is 4.78. The number of carbonyl (C=O) groups excluding carboxylic acids is 1. The summed E-state index contributed by atoms with van der Waals surface area (Å²) in [5.74, 6) is 1.06. The molecule has 2 N–H and O–H groups in total. The Labute approximate surface area is 142 Å². The lowest BCUT2D eigenvalue weighted by molar-refractivity contribution is -0.119. The van der Waals surface area contributed by atoms with Gasteiger partial charge in [-0.1, -0.05) is 43.6 Å². The smallest absolute Gasteiger partial charge is 0.217 e. The summed E-state index contributed by atoms with van der Waals surface area (Å²) in [5.41, 5.74) is 2.13. The van der Waals surface area contributed by atoms with Crippen molar-refractivity contribution in [1.82, 2.24) is 15.2 Å². The molecule has 0 spiro atoms. The molecule has 4 nitrogen and oxygen atoms in total. The minimum Gasteiger partial charge on any atom is -0.356 e. The van der Waals surface area contributed by atoms with E-state index in [1.54, 1.807) is 6.92 Å². The third kappa shape index (κ3) is 3.38. The normalized spacial score (nSPS) is 22.1. The van der Waals surface area contributed by atoms with Crippen LogP contribution in [-0.2, 0) is 11.3 Å². The number of fused-ring (bicyclic) bond motifs is 1. The number of rotatable bonds is 4. The van der Waals surface area contributed by atoms with Gasteiger partial charge >= 0.3 is 0 Å². The molecule has 1 saturated heterocycles. The largest absolute Gasteiger partial charge is 0.356 e. The molecule has 5 heteroatoms. The van der Waals surface area contributed by atoms with E-state index >= 15 is 0 Å². The summed E-state index contributed by atoms with van der Waals surface area (Å²) >= 11 is 6.53. The SMILES string of the molecule is CC(=O)N[C@@H]1CN(Cc2[nH]c3ccccc3c2Cl)C[C@H]1C(C)C. The highest BCUT2D eigenvalue weighted by molar-refractivity contribution is 6.36. The van der Waals surface area contributed by atoms with E-state index in [1.165, 1.54) is 0 Å². The number of likely N-dealkylation sites (tertiary alicyclic amines) is 1. The molecule has 3 rings (SSSR count). The molecule has 1 amide bonds.